The van der Waals surface area contributed by atoms with E-state index in [0.29, 0.717) is 22.5 Å². The highest BCUT2D eigenvalue weighted by Gasteiger charge is 2.48. The second-order valence-corrected chi connectivity index (χ2v) is 11.4. The summed E-state index contributed by atoms with van der Waals surface area (Å²) in [6.07, 6.45) is 3.19. The molecule has 2 heterocycles. The van der Waals surface area contributed by atoms with Crippen LogP contribution in [0.25, 0.3) is 10.9 Å². The van der Waals surface area contributed by atoms with Gasteiger partial charge >= 0.3 is 5.97 Å². The van der Waals surface area contributed by atoms with Crippen LogP contribution < -0.4 is 4.90 Å². The van der Waals surface area contributed by atoms with Crippen molar-refractivity contribution in [2.24, 2.45) is 0 Å². The van der Waals surface area contributed by atoms with E-state index in [4.69, 9.17) is 11.6 Å². The number of rotatable bonds is 5. The molecule has 9 heteroatoms. The molecule has 0 saturated heterocycles. The summed E-state index contributed by atoms with van der Waals surface area (Å²) in [6, 6.07) is 15.2. The number of carbonyl (C=O) groups excluding carboxylic acids is 1. The molecule has 1 aliphatic carbocycles. The van der Waals surface area contributed by atoms with Crippen LogP contribution in [0.1, 0.15) is 40.9 Å². The van der Waals surface area contributed by atoms with E-state index in [1.807, 2.05) is 18.2 Å². The molecule has 6 rings (SSSR count). The molecule has 1 aliphatic heterocycles. The highest BCUT2D eigenvalue weighted by Crippen LogP contribution is 2.52. The summed E-state index contributed by atoms with van der Waals surface area (Å²) in [4.78, 5) is 27.6. The van der Waals surface area contributed by atoms with Gasteiger partial charge in [0.1, 0.15) is 6.54 Å². The third kappa shape index (κ3) is 3.73. The van der Waals surface area contributed by atoms with Crippen molar-refractivity contribution in [3.8, 4) is 0 Å². The minimum atomic E-state index is -1.37. The van der Waals surface area contributed by atoms with Gasteiger partial charge in [-0.25, -0.2) is 13.6 Å². The zero-order valence-electron chi connectivity index (χ0n) is 20.4. The van der Waals surface area contributed by atoms with Gasteiger partial charge in [-0.2, -0.15) is 0 Å². The number of amides is 1. The number of nitrogens with zero attached hydrogens (tertiary/aromatic N) is 2. The first-order valence-electron chi connectivity index (χ1n) is 12.3. The molecule has 38 heavy (non-hydrogen) atoms. The average Bonchev–Trinajstić information content (AvgIpc) is 3.36. The maximum absolute atomic E-state index is 15.5. The molecule has 194 valence electrons. The molecule has 1 N–H and O–H groups in total. The molecule has 4 aromatic rings. The lowest BCUT2D eigenvalue weighted by atomic mass is 9.66. The van der Waals surface area contributed by atoms with Gasteiger partial charge in [0.15, 0.2) is 11.6 Å². The van der Waals surface area contributed by atoms with Crippen molar-refractivity contribution in [3.63, 3.8) is 0 Å². The van der Waals surface area contributed by atoms with Crippen molar-refractivity contribution in [3.05, 3.63) is 88.1 Å². The largest absolute Gasteiger partial charge is 0.478 e. The molecular weight excluding hydrogens is 530 g/mol. The van der Waals surface area contributed by atoms with Gasteiger partial charge in [-0.05, 0) is 55.7 Å². The number of halogens is 3. The summed E-state index contributed by atoms with van der Waals surface area (Å²) in [5.74, 6) is -3.07. The SMILES string of the molecule is Cc1c(Sc2cccc(C(=O)O)c2F)c2ccc(Cl)c(F)c2n1CC(=O)N1CC2(CCC2)c2ccccc21. The number of anilines is 1. The Morgan fingerprint density at radius 2 is 1.82 bits per heavy atom. The van der Waals surface area contributed by atoms with Gasteiger partial charge in [0, 0.05) is 38.5 Å². The number of benzene rings is 3. The molecule has 0 bridgehead atoms. The Hall–Kier alpha value is -3.36. The first-order valence-corrected chi connectivity index (χ1v) is 13.5. The second kappa shape index (κ2) is 9.13. The first-order chi connectivity index (χ1) is 18.2. The van der Waals surface area contributed by atoms with Gasteiger partial charge in [-0.1, -0.05) is 54.0 Å². The van der Waals surface area contributed by atoms with Crippen LogP contribution in [0.3, 0.4) is 0 Å². The van der Waals surface area contributed by atoms with Crippen molar-refractivity contribution in [2.45, 2.75) is 47.9 Å². The predicted octanol–water partition coefficient (Wildman–Crippen LogP) is 7.20. The van der Waals surface area contributed by atoms with Crippen molar-refractivity contribution in [1.82, 2.24) is 4.57 Å². The molecule has 2 aliphatic rings. The summed E-state index contributed by atoms with van der Waals surface area (Å²) in [5, 5.41) is 9.71. The van der Waals surface area contributed by atoms with E-state index >= 15 is 4.39 Å². The predicted molar refractivity (Wildman–Crippen MR) is 143 cm³/mol. The Labute approximate surface area is 227 Å². The number of carboxylic acids is 1. The van der Waals surface area contributed by atoms with Crippen LogP contribution >= 0.6 is 23.4 Å². The molecule has 0 atom stereocenters. The molecule has 3 aromatic carbocycles. The van der Waals surface area contributed by atoms with E-state index in [1.165, 1.54) is 29.8 Å². The van der Waals surface area contributed by atoms with Crippen molar-refractivity contribution < 1.29 is 23.5 Å². The summed E-state index contributed by atoms with van der Waals surface area (Å²) in [6.45, 7) is 2.22. The maximum atomic E-state index is 15.5. The minimum Gasteiger partial charge on any atom is -0.478 e. The fourth-order valence-corrected chi connectivity index (χ4v) is 7.02. The van der Waals surface area contributed by atoms with E-state index < -0.39 is 23.2 Å². The smallest absolute Gasteiger partial charge is 0.338 e. The van der Waals surface area contributed by atoms with Crippen LogP contribution in [0.4, 0.5) is 14.5 Å². The molecule has 1 saturated carbocycles. The Morgan fingerprint density at radius 1 is 1.05 bits per heavy atom. The molecule has 0 radical (unpaired) electrons. The molecule has 0 unspecified atom stereocenters. The fourth-order valence-electron chi connectivity index (χ4n) is 5.77. The molecule has 1 spiro atoms. The van der Waals surface area contributed by atoms with Crippen LogP contribution in [-0.4, -0.2) is 28.1 Å². The number of para-hydroxylation sites is 1. The van der Waals surface area contributed by atoms with Crippen molar-refractivity contribution in [2.75, 3.05) is 11.4 Å². The molecule has 5 nitrogen and oxygen atoms in total. The monoisotopic (exact) mass is 552 g/mol. The van der Waals surface area contributed by atoms with Gasteiger partial charge in [0.25, 0.3) is 0 Å². The second-order valence-electron chi connectivity index (χ2n) is 9.91. The lowest BCUT2D eigenvalue weighted by Crippen LogP contribution is -2.42. The number of aromatic nitrogens is 1. The van der Waals surface area contributed by atoms with E-state index in [-0.39, 0.29) is 33.3 Å². The summed E-state index contributed by atoms with van der Waals surface area (Å²) >= 11 is 7.14. The van der Waals surface area contributed by atoms with Crippen molar-refractivity contribution >= 4 is 51.8 Å². The van der Waals surface area contributed by atoms with E-state index in [9.17, 15) is 19.1 Å². The van der Waals surface area contributed by atoms with Gasteiger partial charge in [0.05, 0.1) is 16.1 Å². The first kappa shape index (κ1) is 24.9. The molecule has 1 fully saturated rings. The van der Waals surface area contributed by atoms with Crippen LogP contribution in [0.5, 0.6) is 0 Å². The highest BCUT2D eigenvalue weighted by molar-refractivity contribution is 7.99. The number of aromatic carboxylic acids is 1. The highest BCUT2D eigenvalue weighted by atomic mass is 35.5. The van der Waals surface area contributed by atoms with Crippen LogP contribution in [-0.2, 0) is 16.8 Å². The quantitative estimate of drug-likeness (QED) is 0.284. The topological polar surface area (TPSA) is 62.5 Å². The standard InChI is InChI=1S/C29H23ClF2N2O3S/c1-16-27(38-22-9-4-6-17(24(22)31)28(36)37)18-10-11-20(30)25(32)26(18)33(16)14-23(35)34-15-29(12-5-13-29)19-7-2-3-8-21(19)34/h2-4,6-11H,5,12-15H2,1H3,(H,36,37). The summed E-state index contributed by atoms with van der Waals surface area (Å²) in [7, 11) is 0. The third-order valence-electron chi connectivity index (χ3n) is 7.85. The zero-order chi connectivity index (χ0) is 26.8. The van der Waals surface area contributed by atoms with E-state index in [1.54, 1.807) is 22.5 Å². The minimum absolute atomic E-state index is 0.0116. The molecular formula is C29H23ClF2N2O3S. The van der Waals surface area contributed by atoms with Crippen LogP contribution in [0.2, 0.25) is 5.02 Å². The lowest BCUT2D eigenvalue weighted by molar-refractivity contribution is -0.119. The summed E-state index contributed by atoms with van der Waals surface area (Å²) in [5.41, 5.74) is 2.35. The van der Waals surface area contributed by atoms with Gasteiger partial charge in [0.2, 0.25) is 5.91 Å². The Kier molecular flexibility index (Phi) is 6.00. The number of hydrogen-bond acceptors (Lipinski definition) is 3. The van der Waals surface area contributed by atoms with E-state index in [0.717, 1.165) is 36.7 Å². The summed E-state index contributed by atoms with van der Waals surface area (Å²) < 4.78 is 32.0. The molecule has 1 amide bonds. The van der Waals surface area contributed by atoms with Crippen molar-refractivity contribution in [1.29, 1.82) is 0 Å². The number of hydrogen-bond donors (Lipinski definition) is 1. The van der Waals surface area contributed by atoms with Crippen LogP contribution in [0, 0.1) is 18.6 Å². The number of carbonyl (C=O) groups is 2. The molecule has 1 aromatic heterocycles. The normalized spacial score (nSPS) is 15.6. The number of fused-ring (bicyclic) bond motifs is 3. The maximum Gasteiger partial charge on any atom is 0.338 e. The Balaban J connectivity index is 1.42. The van der Waals surface area contributed by atoms with Gasteiger partial charge in [-0.15, -0.1) is 0 Å². The Bertz CT molecular complexity index is 1650. The van der Waals surface area contributed by atoms with E-state index in [2.05, 4.69) is 6.07 Å². The zero-order valence-corrected chi connectivity index (χ0v) is 22.0. The van der Waals surface area contributed by atoms with Gasteiger partial charge < -0.3 is 14.6 Å². The average molecular weight is 553 g/mol. The number of carboxylic acid groups (broad SMARTS) is 1. The Morgan fingerprint density at radius 3 is 2.53 bits per heavy atom. The van der Waals surface area contributed by atoms with Crippen LogP contribution in [0.15, 0.2) is 64.4 Å². The lowest BCUT2D eigenvalue weighted by Gasteiger charge is -2.39. The fraction of sp³-hybridized carbons (Fsp3) is 0.241. The van der Waals surface area contributed by atoms with Gasteiger partial charge in [-0.3, -0.25) is 4.79 Å². The third-order valence-corrected chi connectivity index (χ3v) is 9.40.